The number of carbonyl (C=O) groups excluding carboxylic acids is 2. The Bertz CT molecular complexity index is 563. The first-order valence-electron chi connectivity index (χ1n) is 8.81. The van der Waals surface area contributed by atoms with Crippen molar-refractivity contribution in [2.24, 2.45) is 0 Å². The summed E-state index contributed by atoms with van der Waals surface area (Å²) < 4.78 is 9.88. The van der Waals surface area contributed by atoms with Gasteiger partial charge in [-0.25, -0.2) is 9.59 Å². The molecular formula is C20H29NO4. The number of hydrogen-bond donors (Lipinski definition) is 1. The smallest absolute Gasteiger partial charge is 0.347 e. The van der Waals surface area contributed by atoms with Crippen molar-refractivity contribution in [2.75, 3.05) is 19.8 Å². The van der Waals surface area contributed by atoms with Crippen molar-refractivity contribution in [1.82, 2.24) is 5.32 Å². The Hall–Kier alpha value is -2.30. The quantitative estimate of drug-likeness (QED) is 0.304. The van der Waals surface area contributed by atoms with Crippen LogP contribution in [0, 0.1) is 0 Å². The lowest BCUT2D eigenvalue weighted by Gasteiger charge is -2.30. The minimum atomic E-state index is -0.676. The maximum Gasteiger partial charge on any atom is 0.347 e. The summed E-state index contributed by atoms with van der Waals surface area (Å²) in [6, 6.07) is 10.2. The van der Waals surface area contributed by atoms with E-state index < -0.39 is 11.9 Å². The van der Waals surface area contributed by atoms with Gasteiger partial charge in [-0.05, 0) is 25.8 Å². The van der Waals surface area contributed by atoms with Crippen molar-refractivity contribution >= 4 is 11.9 Å². The first kappa shape index (κ1) is 20.7. The van der Waals surface area contributed by atoms with Gasteiger partial charge in [0.05, 0.1) is 13.2 Å². The number of esters is 2. The summed E-state index contributed by atoms with van der Waals surface area (Å²) in [6.07, 6.45) is 3.41. The zero-order chi connectivity index (χ0) is 18.7. The van der Waals surface area contributed by atoms with Crippen LogP contribution in [0.15, 0.2) is 42.1 Å². The summed E-state index contributed by atoms with van der Waals surface area (Å²) in [5.74, 6) is -1.35. The maximum atomic E-state index is 12.0. The van der Waals surface area contributed by atoms with E-state index in [1.165, 1.54) is 11.8 Å². The summed E-state index contributed by atoms with van der Waals surface area (Å²) in [5, 5.41) is 3.12. The molecule has 25 heavy (non-hydrogen) atoms. The van der Waals surface area contributed by atoms with Gasteiger partial charge in [-0.15, -0.1) is 0 Å². The molecule has 0 radical (unpaired) electrons. The molecule has 1 aromatic rings. The third-order valence-corrected chi connectivity index (χ3v) is 4.00. The van der Waals surface area contributed by atoms with Gasteiger partial charge in [0, 0.05) is 18.2 Å². The van der Waals surface area contributed by atoms with Gasteiger partial charge >= 0.3 is 11.9 Å². The Morgan fingerprint density at radius 3 is 2.08 bits per heavy atom. The first-order valence-corrected chi connectivity index (χ1v) is 8.81. The predicted octanol–water partition coefficient (Wildman–Crippen LogP) is 3.34. The summed E-state index contributed by atoms with van der Waals surface area (Å²) in [7, 11) is 0. The van der Waals surface area contributed by atoms with E-state index in [2.05, 4.69) is 31.3 Å². The number of carbonyl (C=O) groups is 2. The van der Waals surface area contributed by atoms with Crippen LogP contribution >= 0.6 is 0 Å². The van der Waals surface area contributed by atoms with Crippen LogP contribution in [0.3, 0.4) is 0 Å². The molecule has 1 N–H and O–H groups in total. The Kier molecular flexibility index (Phi) is 8.75. The number of nitrogens with one attached hydrogen (secondary N) is 1. The first-order chi connectivity index (χ1) is 12.0. The van der Waals surface area contributed by atoms with Gasteiger partial charge in [0.25, 0.3) is 0 Å². The minimum absolute atomic E-state index is 0.110. The highest BCUT2D eigenvalue weighted by Gasteiger charge is 2.26. The Morgan fingerprint density at radius 2 is 1.60 bits per heavy atom. The fourth-order valence-corrected chi connectivity index (χ4v) is 2.72. The lowest BCUT2D eigenvalue weighted by Crippen LogP contribution is -2.34. The van der Waals surface area contributed by atoms with E-state index >= 15 is 0 Å². The standard InChI is InChI=1S/C20H29NO4/c1-5-13-20(4,16-11-9-8-10-12-16)15-21-14-17(18(22)24-6-2)19(23)25-7-3/h8-12,14,21H,5-7,13,15H2,1-4H3. The molecule has 0 spiro atoms. The van der Waals surface area contributed by atoms with Gasteiger partial charge in [0.2, 0.25) is 0 Å². The van der Waals surface area contributed by atoms with Crippen molar-refractivity contribution in [3.63, 3.8) is 0 Å². The Labute approximate surface area is 150 Å². The minimum Gasteiger partial charge on any atom is -0.462 e. The van der Waals surface area contributed by atoms with Crippen molar-refractivity contribution in [2.45, 2.75) is 46.0 Å². The van der Waals surface area contributed by atoms with Gasteiger partial charge in [-0.3, -0.25) is 0 Å². The van der Waals surface area contributed by atoms with Gasteiger partial charge in [0.1, 0.15) is 0 Å². The molecule has 0 amide bonds. The second-order valence-corrected chi connectivity index (χ2v) is 6.06. The van der Waals surface area contributed by atoms with E-state index in [0.29, 0.717) is 6.54 Å². The van der Waals surface area contributed by atoms with Gasteiger partial charge < -0.3 is 14.8 Å². The Morgan fingerprint density at radius 1 is 1.04 bits per heavy atom. The van der Waals surface area contributed by atoms with E-state index in [1.54, 1.807) is 13.8 Å². The van der Waals surface area contributed by atoms with Crippen LogP contribution in [-0.4, -0.2) is 31.7 Å². The lowest BCUT2D eigenvalue weighted by molar-refractivity contribution is -0.146. The van der Waals surface area contributed by atoms with Crippen LogP contribution in [0.4, 0.5) is 0 Å². The average molecular weight is 347 g/mol. The second kappa shape index (κ2) is 10.5. The molecular weight excluding hydrogens is 318 g/mol. The van der Waals surface area contributed by atoms with E-state index in [-0.39, 0.29) is 24.2 Å². The van der Waals surface area contributed by atoms with Crippen LogP contribution < -0.4 is 5.32 Å². The SMILES string of the molecule is CCCC(C)(CNC=C(C(=O)OCC)C(=O)OCC)c1ccccc1. The third-order valence-electron chi connectivity index (χ3n) is 4.00. The summed E-state index contributed by atoms with van der Waals surface area (Å²) >= 11 is 0. The van der Waals surface area contributed by atoms with E-state index in [4.69, 9.17) is 9.47 Å². The molecule has 1 atom stereocenters. The molecule has 0 bridgehead atoms. The summed E-state index contributed by atoms with van der Waals surface area (Å²) in [5.41, 5.74) is 0.989. The molecule has 138 valence electrons. The zero-order valence-corrected chi connectivity index (χ0v) is 15.6. The molecule has 0 saturated carbocycles. The molecule has 1 unspecified atom stereocenters. The predicted molar refractivity (Wildman–Crippen MR) is 98.1 cm³/mol. The molecule has 0 aliphatic rings. The van der Waals surface area contributed by atoms with E-state index in [9.17, 15) is 9.59 Å². The number of ether oxygens (including phenoxy) is 2. The van der Waals surface area contributed by atoms with Gasteiger partial charge in [-0.1, -0.05) is 50.6 Å². The van der Waals surface area contributed by atoms with Gasteiger partial charge in [0.15, 0.2) is 5.57 Å². The van der Waals surface area contributed by atoms with Crippen LogP contribution in [0.1, 0.15) is 46.1 Å². The molecule has 1 rings (SSSR count). The number of rotatable bonds is 10. The molecule has 0 fully saturated rings. The van der Waals surface area contributed by atoms with Crippen LogP contribution in [0.5, 0.6) is 0 Å². The van der Waals surface area contributed by atoms with E-state index in [1.807, 2.05) is 18.2 Å². The van der Waals surface area contributed by atoms with Crippen LogP contribution in [0.25, 0.3) is 0 Å². The van der Waals surface area contributed by atoms with E-state index in [0.717, 1.165) is 12.8 Å². The maximum absolute atomic E-state index is 12.0. The average Bonchev–Trinajstić information content (AvgIpc) is 2.60. The molecule has 0 aliphatic heterocycles. The lowest BCUT2D eigenvalue weighted by atomic mass is 9.78. The molecule has 1 aromatic carbocycles. The molecule has 5 nitrogen and oxygen atoms in total. The Balaban J connectivity index is 2.92. The van der Waals surface area contributed by atoms with Crippen molar-refractivity contribution in [1.29, 1.82) is 0 Å². The topological polar surface area (TPSA) is 64.6 Å². The van der Waals surface area contributed by atoms with Crippen molar-refractivity contribution in [3.05, 3.63) is 47.7 Å². The summed E-state index contributed by atoms with van der Waals surface area (Å²) in [4.78, 5) is 24.0. The molecule has 5 heteroatoms. The molecule has 0 saturated heterocycles. The largest absolute Gasteiger partial charge is 0.462 e. The third kappa shape index (κ3) is 6.25. The van der Waals surface area contributed by atoms with Crippen molar-refractivity contribution in [3.8, 4) is 0 Å². The second-order valence-electron chi connectivity index (χ2n) is 6.06. The molecule has 0 aliphatic carbocycles. The number of hydrogen-bond acceptors (Lipinski definition) is 5. The molecule has 0 heterocycles. The fourth-order valence-electron chi connectivity index (χ4n) is 2.72. The highest BCUT2D eigenvalue weighted by atomic mass is 16.6. The molecule has 0 aromatic heterocycles. The normalized spacial score (nSPS) is 12.6. The van der Waals surface area contributed by atoms with Crippen LogP contribution in [0.2, 0.25) is 0 Å². The monoisotopic (exact) mass is 347 g/mol. The zero-order valence-electron chi connectivity index (χ0n) is 15.6. The number of benzene rings is 1. The fraction of sp³-hybridized carbons (Fsp3) is 0.500. The highest BCUT2D eigenvalue weighted by Crippen LogP contribution is 2.28. The highest BCUT2D eigenvalue weighted by molar-refractivity contribution is 6.13. The van der Waals surface area contributed by atoms with Crippen LogP contribution in [-0.2, 0) is 24.5 Å². The van der Waals surface area contributed by atoms with Gasteiger partial charge in [-0.2, -0.15) is 0 Å². The summed E-state index contributed by atoms with van der Waals surface area (Å²) in [6.45, 7) is 8.69. The van der Waals surface area contributed by atoms with Crippen molar-refractivity contribution < 1.29 is 19.1 Å².